The van der Waals surface area contributed by atoms with E-state index in [1.54, 1.807) is 30.5 Å². The van der Waals surface area contributed by atoms with Crippen LogP contribution in [0.15, 0.2) is 41.4 Å². The van der Waals surface area contributed by atoms with Gasteiger partial charge in [0.1, 0.15) is 17.9 Å². The van der Waals surface area contributed by atoms with E-state index in [1.165, 1.54) is 18.4 Å². The van der Waals surface area contributed by atoms with E-state index < -0.39 is 22.2 Å². The summed E-state index contributed by atoms with van der Waals surface area (Å²) < 4.78 is 33.0. The van der Waals surface area contributed by atoms with Gasteiger partial charge in [0.05, 0.1) is 22.1 Å². The van der Waals surface area contributed by atoms with E-state index in [2.05, 4.69) is 20.3 Å². The standard InChI is InChI=1S/C23H31N5O4S/c1-15(2)12-18(14-32-23(29)24-4)28(5)33(30,31)19-8-6-17(7-9-19)13-21-22-20(10-11-25-21)26-16(3)27-22/h6-11,15,18H,12-14H2,1-5H3,(H,24,29)(H,26,27)/t18-/m0/s1. The molecule has 0 fully saturated rings. The number of ether oxygens (including phenoxy) is 1. The molecular formula is C23H31N5O4S. The van der Waals surface area contributed by atoms with Crippen molar-refractivity contribution < 1.29 is 17.9 Å². The summed E-state index contributed by atoms with van der Waals surface area (Å²) in [4.78, 5) is 23.8. The number of aromatic nitrogens is 3. The third-order valence-electron chi connectivity index (χ3n) is 5.44. The maximum atomic E-state index is 13.3. The highest BCUT2D eigenvalue weighted by molar-refractivity contribution is 7.89. The van der Waals surface area contributed by atoms with E-state index >= 15 is 0 Å². The highest BCUT2D eigenvalue weighted by atomic mass is 32.2. The number of H-pyrrole nitrogens is 1. The number of fused-ring (bicyclic) bond motifs is 1. The number of benzene rings is 1. The van der Waals surface area contributed by atoms with Crippen LogP contribution >= 0.6 is 0 Å². The molecule has 10 heteroatoms. The van der Waals surface area contributed by atoms with E-state index in [0.29, 0.717) is 12.8 Å². The number of nitrogens with one attached hydrogen (secondary N) is 2. The molecule has 0 radical (unpaired) electrons. The van der Waals surface area contributed by atoms with Gasteiger partial charge in [-0.3, -0.25) is 4.98 Å². The number of carbonyl (C=O) groups is 1. The number of pyridine rings is 1. The second-order valence-corrected chi connectivity index (χ2v) is 10.4. The maximum absolute atomic E-state index is 13.3. The normalized spacial score (nSPS) is 12.9. The van der Waals surface area contributed by atoms with Gasteiger partial charge in [0, 0.05) is 26.7 Å². The van der Waals surface area contributed by atoms with Gasteiger partial charge < -0.3 is 15.0 Å². The Morgan fingerprint density at radius 2 is 1.91 bits per heavy atom. The molecule has 0 unspecified atom stereocenters. The first-order valence-electron chi connectivity index (χ1n) is 10.8. The van der Waals surface area contributed by atoms with Crippen LogP contribution in [0.1, 0.15) is 37.4 Å². The maximum Gasteiger partial charge on any atom is 0.406 e. The summed E-state index contributed by atoms with van der Waals surface area (Å²) in [6, 6.07) is 8.19. The van der Waals surface area contributed by atoms with Crippen molar-refractivity contribution in [1.82, 2.24) is 24.6 Å². The lowest BCUT2D eigenvalue weighted by atomic mass is 10.0. The predicted octanol–water partition coefficient (Wildman–Crippen LogP) is 3.25. The van der Waals surface area contributed by atoms with E-state index in [1.807, 2.05) is 26.8 Å². The number of carbonyl (C=O) groups excluding carboxylic acids is 1. The molecule has 33 heavy (non-hydrogen) atoms. The molecule has 9 nitrogen and oxygen atoms in total. The molecule has 1 amide bonds. The van der Waals surface area contributed by atoms with Crippen molar-refractivity contribution in [3.8, 4) is 0 Å². The number of rotatable bonds is 9. The molecule has 0 bridgehead atoms. The van der Waals surface area contributed by atoms with Crippen LogP contribution in [-0.2, 0) is 21.2 Å². The Balaban J connectivity index is 1.79. The zero-order valence-electron chi connectivity index (χ0n) is 19.6. The van der Waals surface area contributed by atoms with E-state index in [9.17, 15) is 13.2 Å². The number of nitrogens with zero attached hydrogens (tertiary/aromatic N) is 3. The first kappa shape index (κ1) is 24.7. The highest BCUT2D eigenvalue weighted by Crippen LogP contribution is 2.23. The van der Waals surface area contributed by atoms with Crippen LogP contribution in [0.3, 0.4) is 0 Å². The van der Waals surface area contributed by atoms with Crippen molar-refractivity contribution in [3.05, 3.63) is 53.6 Å². The van der Waals surface area contributed by atoms with Gasteiger partial charge in [-0.05, 0) is 43.0 Å². The molecule has 1 aromatic carbocycles. The van der Waals surface area contributed by atoms with Gasteiger partial charge in [0.25, 0.3) is 0 Å². The zero-order valence-corrected chi connectivity index (χ0v) is 20.4. The molecule has 2 heterocycles. The van der Waals surface area contributed by atoms with Gasteiger partial charge in [-0.1, -0.05) is 26.0 Å². The van der Waals surface area contributed by atoms with Crippen LogP contribution in [0, 0.1) is 12.8 Å². The van der Waals surface area contributed by atoms with Gasteiger partial charge >= 0.3 is 6.09 Å². The largest absolute Gasteiger partial charge is 0.448 e. The molecule has 0 spiro atoms. The minimum atomic E-state index is -3.77. The Hall–Kier alpha value is -2.98. The summed E-state index contributed by atoms with van der Waals surface area (Å²) >= 11 is 0. The minimum absolute atomic E-state index is 0.0234. The van der Waals surface area contributed by atoms with E-state index in [-0.39, 0.29) is 17.4 Å². The summed E-state index contributed by atoms with van der Waals surface area (Å²) in [7, 11) is -0.786. The van der Waals surface area contributed by atoms with Crippen molar-refractivity contribution in [3.63, 3.8) is 0 Å². The topological polar surface area (TPSA) is 117 Å². The Morgan fingerprint density at radius 3 is 2.55 bits per heavy atom. The molecule has 2 N–H and O–H groups in total. The molecule has 0 saturated heterocycles. The second-order valence-electron chi connectivity index (χ2n) is 8.45. The van der Waals surface area contributed by atoms with Crippen molar-refractivity contribution >= 4 is 27.1 Å². The lowest BCUT2D eigenvalue weighted by Gasteiger charge is -2.28. The second kappa shape index (κ2) is 10.3. The summed E-state index contributed by atoms with van der Waals surface area (Å²) in [6.07, 6.45) is 2.24. The van der Waals surface area contributed by atoms with E-state index in [4.69, 9.17) is 4.74 Å². The van der Waals surface area contributed by atoms with Crippen molar-refractivity contribution in [2.24, 2.45) is 5.92 Å². The first-order valence-corrected chi connectivity index (χ1v) is 12.3. The third-order valence-corrected chi connectivity index (χ3v) is 7.36. The van der Waals surface area contributed by atoms with Gasteiger partial charge in [-0.15, -0.1) is 0 Å². The fraction of sp³-hybridized carbons (Fsp3) is 0.435. The lowest BCUT2D eigenvalue weighted by molar-refractivity contribution is 0.117. The fourth-order valence-electron chi connectivity index (χ4n) is 3.69. The van der Waals surface area contributed by atoms with Crippen LogP contribution in [-0.4, -0.2) is 60.5 Å². The highest BCUT2D eigenvalue weighted by Gasteiger charge is 2.29. The number of sulfonamides is 1. The number of hydrogen-bond donors (Lipinski definition) is 2. The molecule has 0 aliphatic rings. The number of imidazole rings is 1. The average molecular weight is 474 g/mol. The molecule has 3 aromatic rings. The average Bonchev–Trinajstić information content (AvgIpc) is 3.17. The van der Waals surface area contributed by atoms with E-state index in [0.717, 1.165) is 28.1 Å². The minimum Gasteiger partial charge on any atom is -0.448 e. The molecule has 0 aliphatic heterocycles. The van der Waals surface area contributed by atoms with Gasteiger partial charge in [0.2, 0.25) is 10.0 Å². The van der Waals surface area contributed by atoms with Crippen molar-refractivity contribution in [1.29, 1.82) is 0 Å². The molecule has 178 valence electrons. The number of amides is 1. The van der Waals surface area contributed by atoms with Crippen LogP contribution in [0.4, 0.5) is 4.79 Å². The van der Waals surface area contributed by atoms with Gasteiger partial charge in [-0.25, -0.2) is 18.2 Å². The quantitative estimate of drug-likeness (QED) is 0.493. The number of aromatic amines is 1. The van der Waals surface area contributed by atoms with Gasteiger partial charge in [-0.2, -0.15) is 4.31 Å². The van der Waals surface area contributed by atoms with Crippen molar-refractivity contribution in [2.75, 3.05) is 20.7 Å². The summed E-state index contributed by atoms with van der Waals surface area (Å²) in [5.74, 6) is 1.05. The first-order chi connectivity index (χ1) is 15.6. The molecular weight excluding hydrogens is 442 g/mol. The Labute approximate surface area is 194 Å². The number of hydrogen-bond acceptors (Lipinski definition) is 6. The Bertz CT molecular complexity index is 1210. The predicted molar refractivity (Wildman–Crippen MR) is 126 cm³/mol. The zero-order chi connectivity index (χ0) is 24.2. The van der Waals surface area contributed by atoms with Gasteiger partial charge in [0.15, 0.2) is 0 Å². The smallest absolute Gasteiger partial charge is 0.406 e. The fourth-order valence-corrected chi connectivity index (χ4v) is 5.04. The van der Waals surface area contributed by atoms with Crippen molar-refractivity contribution in [2.45, 2.75) is 44.6 Å². The summed E-state index contributed by atoms with van der Waals surface area (Å²) in [6.45, 7) is 5.87. The Kier molecular flexibility index (Phi) is 7.70. The lowest BCUT2D eigenvalue weighted by Crippen LogP contribution is -2.42. The SMILES string of the molecule is CNC(=O)OC[C@H](CC(C)C)N(C)S(=O)(=O)c1ccc(Cc2nccc3[nH]c(C)nc23)cc1. The molecule has 0 saturated carbocycles. The van der Waals surface area contributed by atoms with Crippen LogP contribution in [0.2, 0.25) is 0 Å². The van der Waals surface area contributed by atoms with Crippen LogP contribution in [0.5, 0.6) is 0 Å². The Morgan fingerprint density at radius 1 is 1.21 bits per heavy atom. The molecule has 1 atom stereocenters. The summed E-state index contributed by atoms with van der Waals surface area (Å²) in [5, 5.41) is 2.38. The third kappa shape index (κ3) is 5.88. The number of likely N-dealkylation sites (N-methyl/N-ethyl adjacent to an activating group) is 1. The molecule has 3 rings (SSSR count). The molecule has 0 aliphatic carbocycles. The van der Waals surface area contributed by atoms with Crippen LogP contribution < -0.4 is 5.32 Å². The number of alkyl carbamates (subject to hydrolysis) is 1. The summed E-state index contributed by atoms with van der Waals surface area (Å²) in [5.41, 5.74) is 3.50. The van der Waals surface area contributed by atoms with Crippen LogP contribution in [0.25, 0.3) is 11.0 Å². The number of aryl methyl sites for hydroxylation is 1. The monoisotopic (exact) mass is 473 g/mol. The molecule has 2 aromatic heterocycles.